The van der Waals surface area contributed by atoms with Gasteiger partial charge in [-0.2, -0.15) is 0 Å². The van der Waals surface area contributed by atoms with Gasteiger partial charge in [0.2, 0.25) is 0 Å². The average Bonchev–Trinajstić information content (AvgIpc) is 2.59. The Labute approximate surface area is 151 Å². The van der Waals surface area contributed by atoms with Crippen LogP contribution in [0, 0.1) is 0 Å². The number of nitrogens with one attached hydrogen (secondary N) is 1. The van der Waals surface area contributed by atoms with Crippen molar-refractivity contribution in [3.63, 3.8) is 0 Å². The number of amides is 1. The van der Waals surface area contributed by atoms with E-state index < -0.39 is 18.0 Å². The smallest absolute Gasteiger partial charge is 0.342 e. The summed E-state index contributed by atoms with van der Waals surface area (Å²) in [5.74, 6) is -1.34. The summed E-state index contributed by atoms with van der Waals surface area (Å²) in [6, 6.07) is 13.8. The maximum absolute atomic E-state index is 12.1. The van der Waals surface area contributed by atoms with Crippen LogP contribution in [0.4, 0.5) is 0 Å². The molecule has 0 radical (unpaired) electrons. The van der Waals surface area contributed by atoms with E-state index >= 15 is 0 Å². The number of esters is 1. The summed E-state index contributed by atoms with van der Waals surface area (Å²) in [5, 5.41) is 12.8. The fourth-order valence-electron chi connectivity index (χ4n) is 2.25. The van der Waals surface area contributed by atoms with Crippen LogP contribution in [0.25, 0.3) is 0 Å². The van der Waals surface area contributed by atoms with Gasteiger partial charge < -0.3 is 15.2 Å². The van der Waals surface area contributed by atoms with Gasteiger partial charge in [-0.3, -0.25) is 4.79 Å². The molecule has 5 nitrogen and oxygen atoms in total. The molecule has 0 unspecified atom stereocenters. The van der Waals surface area contributed by atoms with Gasteiger partial charge in [0.1, 0.15) is 11.3 Å². The largest absolute Gasteiger partial charge is 0.507 e. The number of phenols is 1. The van der Waals surface area contributed by atoms with Crippen LogP contribution >= 0.6 is 11.6 Å². The fourth-order valence-corrected chi connectivity index (χ4v) is 2.42. The lowest BCUT2D eigenvalue weighted by molar-refractivity contribution is -0.129. The maximum atomic E-state index is 12.1. The molecule has 0 spiro atoms. The van der Waals surface area contributed by atoms with E-state index in [1.54, 1.807) is 0 Å². The number of carbonyl (C=O) groups excluding carboxylic acids is 2. The van der Waals surface area contributed by atoms with Gasteiger partial charge in [-0.25, -0.2) is 4.79 Å². The number of phenolic OH excluding ortho intramolecular Hbond substituents is 1. The minimum absolute atomic E-state index is 0.0401. The molecular weight excluding hydrogens is 342 g/mol. The molecule has 2 rings (SSSR count). The van der Waals surface area contributed by atoms with Crippen molar-refractivity contribution < 1.29 is 19.4 Å². The van der Waals surface area contributed by atoms with Gasteiger partial charge in [0.05, 0.1) is 0 Å². The van der Waals surface area contributed by atoms with Gasteiger partial charge in [0.15, 0.2) is 6.10 Å². The Kier molecular flexibility index (Phi) is 6.42. The molecule has 0 heterocycles. The predicted octanol–water partition coefficient (Wildman–Crippen LogP) is 3.51. The second-order valence-electron chi connectivity index (χ2n) is 5.77. The molecule has 2 aromatic carbocycles. The van der Waals surface area contributed by atoms with Crippen LogP contribution in [0.1, 0.15) is 35.7 Å². The van der Waals surface area contributed by atoms with Crippen LogP contribution in [0.15, 0.2) is 48.5 Å². The Morgan fingerprint density at radius 3 is 2.48 bits per heavy atom. The number of benzene rings is 2. The van der Waals surface area contributed by atoms with Crippen molar-refractivity contribution >= 4 is 23.5 Å². The summed E-state index contributed by atoms with van der Waals surface area (Å²) >= 11 is 5.72. The van der Waals surface area contributed by atoms with Gasteiger partial charge in [0.25, 0.3) is 5.91 Å². The molecular formula is C19H20ClNO4. The van der Waals surface area contributed by atoms with Gasteiger partial charge in [-0.1, -0.05) is 48.9 Å². The topological polar surface area (TPSA) is 75.6 Å². The molecule has 1 amide bonds. The minimum Gasteiger partial charge on any atom is -0.507 e. The van der Waals surface area contributed by atoms with Crippen LogP contribution in [-0.4, -0.2) is 29.6 Å². The minimum atomic E-state index is -0.981. The van der Waals surface area contributed by atoms with E-state index in [9.17, 15) is 14.7 Å². The SMILES string of the molecule is C[C@H](OC(=O)c1ccc(Cl)cc1O)C(=O)NC[C@@H](C)c1ccccc1. The predicted molar refractivity (Wildman–Crippen MR) is 95.9 cm³/mol. The number of rotatable bonds is 6. The summed E-state index contributed by atoms with van der Waals surface area (Å²) in [6.07, 6.45) is -0.981. The highest BCUT2D eigenvalue weighted by Crippen LogP contribution is 2.23. The summed E-state index contributed by atoms with van der Waals surface area (Å²) in [5.41, 5.74) is 1.07. The molecule has 132 valence electrons. The van der Waals surface area contributed by atoms with Crippen LogP contribution in [0.2, 0.25) is 5.02 Å². The first-order valence-electron chi connectivity index (χ1n) is 7.90. The molecule has 0 aliphatic rings. The van der Waals surface area contributed by atoms with E-state index in [1.165, 1.54) is 25.1 Å². The van der Waals surface area contributed by atoms with E-state index in [-0.39, 0.29) is 17.2 Å². The van der Waals surface area contributed by atoms with Crippen LogP contribution in [-0.2, 0) is 9.53 Å². The second kappa shape index (κ2) is 8.53. The molecule has 0 fully saturated rings. The van der Waals surface area contributed by atoms with E-state index in [0.717, 1.165) is 5.56 Å². The van der Waals surface area contributed by atoms with Crippen molar-refractivity contribution in [2.24, 2.45) is 0 Å². The third kappa shape index (κ3) is 5.22. The van der Waals surface area contributed by atoms with Crippen LogP contribution < -0.4 is 5.32 Å². The lowest BCUT2D eigenvalue weighted by Gasteiger charge is -2.17. The first-order chi connectivity index (χ1) is 11.9. The summed E-state index contributed by atoms with van der Waals surface area (Å²) in [4.78, 5) is 24.2. The van der Waals surface area contributed by atoms with E-state index in [4.69, 9.17) is 16.3 Å². The molecule has 0 aliphatic carbocycles. The van der Waals surface area contributed by atoms with Crippen molar-refractivity contribution in [2.75, 3.05) is 6.54 Å². The number of halogens is 1. The number of hydrogen-bond acceptors (Lipinski definition) is 4. The quantitative estimate of drug-likeness (QED) is 0.772. The third-order valence-electron chi connectivity index (χ3n) is 3.78. The molecule has 0 aliphatic heterocycles. The Hall–Kier alpha value is -2.53. The number of hydrogen-bond donors (Lipinski definition) is 2. The van der Waals surface area contributed by atoms with Gasteiger partial charge in [-0.05, 0) is 36.6 Å². The highest BCUT2D eigenvalue weighted by Gasteiger charge is 2.21. The van der Waals surface area contributed by atoms with Gasteiger partial charge in [-0.15, -0.1) is 0 Å². The van der Waals surface area contributed by atoms with Crippen LogP contribution in [0.3, 0.4) is 0 Å². The van der Waals surface area contributed by atoms with Crippen molar-refractivity contribution in [3.8, 4) is 5.75 Å². The molecule has 0 bridgehead atoms. The van der Waals surface area contributed by atoms with E-state index in [2.05, 4.69) is 5.32 Å². The number of ether oxygens (including phenoxy) is 1. The first kappa shape index (κ1) is 18.8. The van der Waals surface area contributed by atoms with Crippen molar-refractivity contribution in [1.82, 2.24) is 5.32 Å². The molecule has 2 aromatic rings. The Bertz CT molecular complexity index is 748. The summed E-state index contributed by atoms with van der Waals surface area (Å²) in [6.45, 7) is 3.91. The normalized spacial score (nSPS) is 12.9. The summed E-state index contributed by atoms with van der Waals surface area (Å²) < 4.78 is 5.10. The highest BCUT2D eigenvalue weighted by molar-refractivity contribution is 6.30. The van der Waals surface area contributed by atoms with Crippen molar-refractivity contribution in [1.29, 1.82) is 0 Å². The van der Waals surface area contributed by atoms with E-state index in [0.29, 0.717) is 11.6 Å². The fraction of sp³-hybridized carbons (Fsp3) is 0.263. The van der Waals surface area contributed by atoms with Gasteiger partial charge >= 0.3 is 5.97 Å². The lowest BCUT2D eigenvalue weighted by Crippen LogP contribution is -2.37. The van der Waals surface area contributed by atoms with Crippen LogP contribution in [0.5, 0.6) is 5.75 Å². The molecule has 25 heavy (non-hydrogen) atoms. The second-order valence-corrected chi connectivity index (χ2v) is 6.20. The maximum Gasteiger partial charge on any atom is 0.342 e. The average molecular weight is 362 g/mol. The lowest BCUT2D eigenvalue weighted by atomic mass is 10.0. The highest BCUT2D eigenvalue weighted by atomic mass is 35.5. The molecule has 2 N–H and O–H groups in total. The van der Waals surface area contributed by atoms with Gasteiger partial charge in [0, 0.05) is 11.6 Å². The summed E-state index contributed by atoms with van der Waals surface area (Å²) in [7, 11) is 0. The van der Waals surface area contributed by atoms with E-state index in [1.807, 2.05) is 37.3 Å². The van der Waals surface area contributed by atoms with Crippen molar-refractivity contribution in [3.05, 3.63) is 64.7 Å². The first-order valence-corrected chi connectivity index (χ1v) is 8.28. The zero-order valence-electron chi connectivity index (χ0n) is 14.0. The molecule has 0 aromatic heterocycles. The zero-order valence-corrected chi connectivity index (χ0v) is 14.8. The Morgan fingerprint density at radius 1 is 1.16 bits per heavy atom. The Morgan fingerprint density at radius 2 is 1.84 bits per heavy atom. The number of carbonyl (C=O) groups is 2. The molecule has 6 heteroatoms. The molecule has 2 atom stereocenters. The molecule has 0 saturated heterocycles. The third-order valence-corrected chi connectivity index (χ3v) is 4.02. The van der Waals surface area contributed by atoms with Crippen molar-refractivity contribution in [2.45, 2.75) is 25.9 Å². The monoisotopic (exact) mass is 361 g/mol. The standard InChI is InChI=1S/C19H20ClNO4/c1-12(14-6-4-3-5-7-14)11-21-18(23)13(2)25-19(24)16-9-8-15(20)10-17(16)22/h3-10,12-13,22H,11H2,1-2H3,(H,21,23)/t12-,13+/m1/s1. The molecule has 0 saturated carbocycles. The Balaban J connectivity index is 1.88. The number of aromatic hydroxyl groups is 1. The zero-order chi connectivity index (χ0) is 18.4.